The van der Waals surface area contributed by atoms with Gasteiger partial charge in [0.15, 0.2) is 0 Å². The van der Waals surface area contributed by atoms with Crippen LogP contribution in [-0.2, 0) is 11.3 Å². The van der Waals surface area contributed by atoms with Crippen LogP contribution >= 0.6 is 0 Å². The third kappa shape index (κ3) is 5.75. The van der Waals surface area contributed by atoms with Crippen LogP contribution in [0.5, 0.6) is 0 Å². The van der Waals surface area contributed by atoms with Gasteiger partial charge in [0.25, 0.3) is 0 Å². The predicted octanol–water partition coefficient (Wildman–Crippen LogP) is 4.68. The zero-order chi connectivity index (χ0) is 17.6. The molecule has 0 atom stereocenters. The Morgan fingerprint density at radius 3 is 2.42 bits per heavy atom. The van der Waals surface area contributed by atoms with E-state index >= 15 is 0 Å². The normalized spacial score (nSPS) is 18.7. The van der Waals surface area contributed by atoms with E-state index in [1.807, 2.05) is 27.0 Å². The van der Waals surface area contributed by atoms with Crippen LogP contribution in [0, 0.1) is 5.41 Å². The Balaban J connectivity index is 1.90. The summed E-state index contributed by atoms with van der Waals surface area (Å²) in [4.78, 5) is 18.4. The molecule has 1 aromatic carbocycles. The van der Waals surface area contributed by atoms with Crippen molar-refractivity contribution in [2.24, 2.45) is 10.4 Å². The van der Waals surface area contributed by atoms with Crippen molar-refractivity contribution in [2.45, 2.75) is 59.1 Å². The summed E-state index contributed by atoms with van der Waals surface area (Å²) in [6, 6.07) is 10.6. The topological polar surface area (TPSA) is 41.9 Å². The van der Waals surface area contributed by atoms with E-state index in [1.54, 1.807) is 0 Å². The Bertz CT molecular complexity index is 553. The van der Waals surface area contributed by atoms with E-state index < -0.39 is 11.7 Å². The van der Waals surface area contributed by atoms with Gasteiger partial charge in [-0.3, -0.25) is 4.90 Å². The molecule has 0 aromatic heterocycles. The largest absolute Gasteiger partial charge is 0.442 e. The number of likely N-dealkylation sites (tertiary alicyclic amines) is 1. The highest BCUT2D eigenvalue weighted by molar-refractivity contribution is 5.82. The summed E-state index contributed by atoms with van der Waals surface area (Å²) >= 11 is 0. The molecule has 4 nitrogen and oxygen atoms in total. The van der Waals surface area contributed by atoms with Crippen molar-refractivity contribution in [3.8, 4) is 0 Å². The first-order chi connectivity index (χ1) is 11.3. The van der Waals surface area contributed by atoms with E-state index in [-0.39, 0.29) is 5.41 Å². The molecule has 1 saturated heterocycles. The second-order valence-electron chi connectivity index (χ2n) is 7.72. The average molecular weight is 330 g/mol. The first kappa shape index (κ1) is 18.7. The lowest BCUT2D eigenvalue weighted by molar-refractivity contribution is 0.0601. The molecule has 132 valence electrons. The van der Waals surface area contributed by atoms with Gasteiger partial charge in [-0.1, -0.05) is 37.3 Å². The molecule has 0 bridgehead atoms. The monoisotopic (exact) mass is 330 g/mol. The fourth-order valence-electron chi connectivity index (χ4n) is 3.05. The van der Waals surface area contributed by atoms with Crippen molar-refractivity contribution in [2.75, 3.05) is 13.1 Å². The maximum atomic E-state index is 11.8. The molecule has 0 unspecified atom stereocenters. The summed E-state index contributed by atoms with van der Waals surface area (Å²) in [5.74, 6) is 0. The van der Waals surface area contributed by atoms with Crippen LogP contribution in [0.1, 0.15) is 52.5 Å². The van der Waals surface area contributed by atoms with Gasteiger partial charge in [-0.15, -0.1) is 0 Å². The maximum Gasteiger partial charge on any atom is 0.433 e. The van der Waals surface area contributed by atoms with Crippen LogP contribution in [0.4, 0.5) is 4.79 Å². The summed E-state index contributed by atoms with van der Waals surface area (Å²) in [6.07, 6.45) is 4.42. The minimum atomic E-state index is -0.493. The SMILES string of the molecule is CCC1(/C=N/C(=O)OC(C)(C)C)CCN(Cc2ccccc2)CC1. The van der Waals surface area contributed by atoms with Crippen molar-refractivity contribution in [3.05, 3.63) is 35.9 Å². The summed E-state index contributed by atoms with van der Waals surface area (Å²) in [5, 5.41) is 0. The minimum Gasteiger partial charge on any atom is -0.442 e. The van der Waals surface area contributed by atoms with Gasteiger partial charge >= 0.3 is 6.09 Å². The molecule has 4 heteroatoms. The lowest BCUT2D eigenvalue weighted by Gasteiger charge is -2.39. The van der Waals surface area contributed by atoms with Gasteiger partial charge in [0.05, 0.1) is 0 Å². The Hall–Kier alpha value is -1.68. The van der Waals surface area contributed by atoms with Crippen molar-refractivity contribution in [1.29, 1.82) is 0 Å². The van der Waals surface area contributed by atoms with Crippen LogP contribution in [-0.4, -0.2) is 35.9 Å². The lowest BCUT2D eigenvalue weighted by Crippen LogP contribution is -2.40. The number of ether oxygens (including phenoxy) is 1. The fraction of sp³-hybridized carbons (Fsp3) is 0.600. The number of carbonyl (C=O) groups is 1. The summed E-state index contributed by atoms with van der Waals surface area (Å²) < 4.78 is 5.27. The van der Waals surface area contributed by atoms with Crippen molar-refractivity contribution >= 4 is 12.3 Å². The first-order valence-electron chi connectivity index (χ1n) is 8.86. The number of hydrogen-bond donors (Lipinski definition) is 0. The number of benzene rings is 1. The molecular weight excluding hydrogens is 300 g/mol. The summed E-state index contributed by atoms with van der Waals surface area (Å²) in [5.41, 5.74) is 0.876. The van der Waals surface area contributed by atoms with Crippen molar-refractivity contribution in [3.63, 3.8) is 0 Å². The van der Waals surface area contributed by atoms with E-state index in [2.05, 4.69) is 47.1 Å². The highest BCUT2D eigenvalue weighted by Crippen LogP contribution is 2.33. The van der Waals surface area contributed by atoms with Gasteiger partial charge in [-0.2, -0.15) is 4.99 Å². The first-order valence-corrected chi connectivity index (χ1v) is 8.86. The molecule has 0 N–H and O–H groups in total. The molecule has 1 aromatic rings. The van der Waals surface area contributed by atoms with E-state index in [9.17, 15) is 4.79 Å². The number of rotatable bonds is 4. The fourth-order valence-corrected chi connectivity index (χ4v) is 3.05. The maximum absolute atomic E-state index is 11.8. The van der Waals surface area contributed by atoms with E-state index in [0.717, 1.165) is 38.9 Å². The molecular formula is C20H30N2O2. The zero-order valence-electron chi connectivity index (χ0n) is 15.4. The molecule has 0 radical (unpaired) electrons. The van der Waals surface area contributed by atoms with Gasteiger partial charge < -0.3 is 4.74 Å². The third-order valence-corrected chi connectivity index (χ3v) is 4.64. The Labute approximate surface area is 145 Å². The Morgan fingerprint density at radius 1 is 1.25 bits per heavy atom. The number of nitrogens with zero attached hydrogens (tertiary/aromatic N) is 2. The number of aliphatic imine (C=N–C) groups is 1. The van der Waals surface area contributed by atoms with Gasteiger partial charge in [-0.25, -0.2) is 4.79 Å². The number of piperidine rings is 1. The van der Waals surface area contributed by atoms with Crippen molar-refractivity contribution in [1.82, 2.24) is 4.90 Å². The highest BCUT2D eigenvalue weighted by atomic mass is 16.6. The summed E-state index contributed by atoms with van der Waals surface area (Å²) in [7, 11) is 0. The smallest absolute Gasteiger partial charge is 0.433 e. The molecule has 1 heterocycles. The third-order valence-electron chi connectivity index (χ3n) is 4.64. The van der Waals surface area contributed by atoms with Crippen LogP contribution < -0.4 is 0 Å². The molecule has 0 aliphatic carbocycles. The predicted molar refractivity (Wildman–Crippen MR) is 98.4 cm³/mol. The molecule has 1 amide bonds. The van der Waals surface area contributed by atoms with Gasteiger partial charge in [0.1, 0.15) is 5.60 Å². The molecule has 2 rings (SSSR count). The van der Waals surface area contributed by atoms with Crippen LogP contribution in [0.3, 0.4) is 0 Å². The van der Waals surface area contributed by atoms with E-state index in [0.29, 0.717) is 0 Å². The second kappa shape index (κ2) is 7.93. The number of carbonyl (C=O) groups excluding carboxylic acids is 1. The van der Waals surface area contributed by atoms with Crippen LogP contribution in [0.2, 0.25) is 0 Å². The van der Waals surface area contributed by atoms with Crippen molar-refractivity contribution < 1.29 is 9.53 Å². The Kier molecular flexibility index (Phi) is 6.16. The number of hydrogen-bond acceptors (Lipinski definition) is 3. The lowest BCUT2D eigenvalue weighted by atomic mass is 9.77. The average Bonchev–Trinajstić information content (AvgIpc) is 2.54. The molecule has 0 spiro atoms. The molecule has 1 aliphatic heterocycles. The second-order valence-corrected chi connectivity index (χ2v) is 7.72. The molecule has 1 fully saturated rings. The van der Waals surface area contributed by atoms with E-state index in [4.69, 9.17) is 4.74 Å². The molecule has 1 aliphatic rings. The molecule has 0 saturated carbocycles. The standard InChI is InChI=1S/C20H30N2O2/c1-5-20(16-21-18(23)24-19(2,3)4)11-13-22(14-12-20)15-17-9-7-6-8-10-17/h6-10,16H,5,11-15H2,1-4H3/b21-16+. The Morgan fingerprint density at radius 2 is 1.88 bits per heavy atom. The van der Waals surface area contributed by atoms with Crippen LogP contribution in [0.15, 0.2) is 35.3 Å². The van der Waals surface area contributed by atoms with Gasteiger partial charge in [-0.05, 0) is 58.7 Å². The highest BCUT2D eigenvalue weighted by Gasteiger charge is 2.32. The minimum absolute atomic E-state index is 0.0179. The number of amides is 1. The summed E-state index contributed by atoms with van der Waals surface area (Å²) in [6.45, 7) is 10.8. The quantitative estimate of drug-likeness (QED) is 0.752. The molecule has 24 heavy (non-hydrogen) atoms. The van der Waals surface area contributed by atoms with E-state index in [1.165, 1.54) is 5.56 Å². The van der Waals surface area contributed by atoms with Crippen LogP contribution in [0.25, 0.3) is 0 Å². The van der Waals surface area contributed by atoms with Gasteiger partial charge in [0.2, 0.25) is 0 Å². The zero-order valence-corrected chi connectivity index (χ0v) is 15.4. The van der Waals surface area contributed by atoms with Gasteiger partial charge in [0, 0.05) is 18.2 Å².